The zero-order chi connectivity index (χ0) is 25.4. The minimum Gasteiger partial charge on any atom is -0.497 e. The van der Waals surface area contributed by atoms with E-state index in [-0.39, 0.29) is 17.2 Å². The number of hydrogen-bond acceptors (Lipinski definition) is 4. The molecular formula is C31H27NO4. The molecule has 36 heavy (non-hydrogen) atoms. The van der Waals surface area contributed by atoms with Gasteiger partial charge in [-0.1, -0.05) is 50.2 Å². The van der Waals surface area contributed by atoms with Gasteiger partial charge in [-0.05, 0) is 78.2 Å². The fourth-order valence-corrected chi connectivity index (χ4v) is 4.54. The van der Waals surface area contributed by atoms with Crippen LogP contribution in [0, 0.1) is 6.92 Å². The van der Waals surface area contributed by atoms with Crippen LogP contribution in [0.5, 0.6) is 17.2 Å². The standard InChI is InChI=1S/C31H27NO4/c1-20-6-5-7-23(18-20)32-29(33)27-17-16-26(19-28(27)30(32)34)36-25-14-10-22(11-15-25)31(2,3)21-8-12-24(35-4)13-9-21/h5-19H,1-4H3. The van der Waals surface area contributed by atoms with E-state index in [1.54, 1.807) is 31.4 Å². The number of amides is 2. The lowest BCUT2D eigenvalue weighted by molar-refractivity contribution is 0.0926. The third kappa shape index (κ3) is 4.13. The predicted molar refractivity (Wildman–Crippen MR) is 140 cm³/mol. The molecule has 5 heteroatoms. The first kappa shape index (κ1) is 23.4. The molecule has 4 aromatic rings. The molecule has 0 N–H and O–H groups in total. The summed E-state index contributed by atoms with van der Waals surface area (Å²) in [6.45, 7) is 6.28. The average Bonchev–Trinajstić information content (AvgIpc) is 3.13. The van der Waals surface area contributed by atoms with Crippen LogP contribution in [-0.2, 0) is 5.41 Å². The van der Waals surface area contributed by atoms with Gasteiger partial charge < -0.3 is 9.47 Å². The smallest absolute Gasteiger partial charge is 0.266 e. The molecule has 0 bridgehead atoms. The largest absolute Gasteiger partial charge is 0.497 e. The van der Waals surface area contributed by atoms with Crippen LogP contribution in [0.4, 0.5) is 5.69 Å². The Morgan fingerprint density at radius 2 is 1.25 bits per heavy atom. The second-order valence-electron chi connectivity index (χ2n) is 9.47. The number of methoxy groups -OCH3 is 1. The molecule has 1 aliphatic heterocycles. The van der Waals surface area contributed by atoms with Gasteiger partial charge in [0, 0.05) is 5.41 Å². The second kappa shape index (κ2) is 9.00. The Morgan fingerprint density at radius 1 is 0.667 bits per heavy atom. The van der Waals surface area contributed by atoms with Crippen molar-refractivity contribution in [1.82, 2.24) is 0 Å². The first-order valence-corrected chi connectivity index (χ1v) is 11.8. The highest BCUT2D eigenvalue weighted by Crippen LogP contribution is 2.35. The Labute approximate surface area is 210 Å². The molecule has 0 aliphatic carbocycles. The molecule has 0 radical (unpaired) electrons. The van der Waals surface area contributed by atoms with E-state index in [0.29, 0.717) is 28.3 Å². The lowest BCUT2D eigenvalue weighted by Gasteiger charge is -2.26. The molecule has 1 aliphatic rings. The van der Waals surface area contributed by atoms with Crippen molar-refractivity contribution in [2.75, 3.05) is 12.0 Å². The first-order valence-electron chi connectivity index (χ1n) is 11.8. The Bertz CT molecular complexity index is 1450. The lowest BCUT2D eigenvalue weighted by Crippen LogP contribution is -2.29. The monoisotopic (exact) mass is 477 g/mol. The van der Waals surface area contributed by atoms with Gasteiger partial charge in [0.15, 0.2) is 0 Å². The molecule has 180 valence electrons. The van der Waals surface area contributed by atoms with Crippen molar-refractivity contribution in [1.29, 1.82) is 0 Å². The van der Waals surface area contributed by atoms with Crippen LogP contribution in [0.3, 0.4) is 0 Å². The normalized spacial score (nSPS) is 13.1. The third-order valence-electron chi connectivity index (χ3n) is 6.74. The zero-order valence-corrected chi connectivity index (χ0v) is 20.7. The molecular weight excluding hydrogens is 450 g/mol. The summed E-state index contributed by atoms with van der Waals surface area (Å²) in [7, 11) is 1.66. The molecule has 0 spiro atoms. The van der Waals surface area contributed by atoms with Gasteiger partial charge in [-0.15, -0.1) is 0 Å². The van der Waals surface area contributed by atoms with Crippen LogP contribution in [0.2, 0.25) is 0 Å². The van der Waals surface area contributed by atoms with Crippen molar-refractivity contribution in [3.8, 4) is 17.2 Å². The number of nitrogens with zero attached hydrogens (tertiary/aromatic N) is 1. The number of ether oxygens (including phenoxy) is 2. The molecule has 0 saturated heterocycles. The van der Waals surface area contributed by atoms with E-state index >= 15 is 0 Å². The van der Waals surface area contributed by atoms with Crippen molar-refractivity contribution < 1.29 is 19.1 Å². The summed E-state index contributed by atoms with van der Waals surface area (Å²) in [5, 5.41) is 0. The first-order chi connectivity index (χ1) is 17.3. The summed E-state index contributed by atoms with van der Waals surface area (Å²) in [5.74, 6) is 1.31. The highest BCUT2D eigenvalue weighted by molar-refractivity contribution is 6.34. The number of fused-ring (bicyclic) bond motifs is 1. The van der Waals surface area contributed by atoms with E-state index in [1.165, 1.54) is 10.5 Å². The molecule has 1 heterocycles. The van der Waals surface area contributed by atoms with Crippen LogP contribution < -0.4 is 14.4 Å². The molecule has 5 nitrogen and oxygen atoms in total. The van der Waals surface area contributed by atoms with Crippen molar-refractivity contribution >= 4 is 17.5 Å². The zero-order valence-electron chi connectivity index (χ0n) is 20.7. The van der Waals surface area contributed by atoms with Gasteiger partial charge >= 0.3 is 0 Å². The van der Waals surface area contributed by atoms with Gasteiger partial charge in [-0.3, -0.25) is 9.59 Å². The van der Waals surface area contributed by atoms with Gasteiger partial charge in [0.2, 0.25) is 0 Å². The van der Waals surface area contributed by atoms with Gasteiger partial charge in [0.25, 0.3) is 11.8 Å². The Kier molecular flexibility index (Phi) is 5.84. The Morgan fingerprint density at radius 3 is 1.86 bits per heavy atom. The molecule has 0 saturated carbocycles. The number of carbonyl (C=O) groups excluding carboxylic acids is 2. The van der Waals surface area contributed by atoms with E-state index in [4.69, 9.17) is 9.47 Å². The highest BCUT2D eigenvalue weighted by atomic mass is 16.5. The van der Waals surface area contributed by atoms with Gasteiger partial charge in [0.1, 0.15) is 17.2 Å². The third-order valence-corrected chi connectivity index (χ3v) is 6.74. The number of aryl methyl sites for hydroxylation is 1. The van der Waals surface area contributed by atoms with E-state index in [0.717, 1.165) is 16.9 Å². The summed E-state index contributed by atoms with van der Waals surface area (Å²) in [4.78, 5) is 27.2. The van der Waals surface area contributed by atoms with Crippen LogP contribution in [0.1, 0.15) is 51.3 Å². The second-order valence-corrected chi connectivity index (χ2v) is 9.47. The highest BCUT2D eigenvalue weighted by Gasteiger charge is 2.37. The average molecular weight is 478 g/mol. The van der Waals surface area contributed by atoms with Crippen molar-refractivity contribution in [3.05, 3.63) is 119 Å². The SMILES string of the molecule is COc1ccc(C(C)(C)c2ccc(Oc3ccc4c(c3)C(=O)N(c3cccc(C)c3)C4=O)cc2)cc1. The van der Waals surface area contributed by atoms with Gasteiger partial charge in [-0.2, -0.15) is 0 Å². The topological polar surface area (TPSA) is 55.8 Å². The van der Waals surface area contributed by atoms with Crippen molar-refractivity contribution in [3.63, 3.8) is 0 Å². The van der Waals surface area contributed by atoms with Crippen LogP contribution in [-0.4, -0.2) is 18.9 Å². The maximum absolute atomic E-state index is 13.1. The van der Waals surface area contributed by atoms with Crippen molar-refractivity contribution in [2.24, 2.45) is 0 Å². The molecule has 4 aromatic carbocycles. The van der Waals surface area contributed by atoms with E-state index in [1.807, 2.05) is 61.5 Å². The predicted octanol–water partition coefficient (Wildman–Crippen LogP) is 6.92. The summed E-state index contributed by atoms with van der Waals surface area (Å²) >= 11 is 0. The van der Waals surface area contributed by atoms with E-state index in [9.17, 15) is 9.59 Å². The number of imide groups is 1. The van der Waals surface area contributed by atoms with E-state index < -0.39 is 0 Å². The van der Waals surface area contributed by atoms with E-state index in [2.05, 4.69) is 26.0 Å². The molecule has 0 unspecified atom stereocenters. The minimum absolute atomic E-state index is 0.204. The van der Waals surface area contributed by atoms with Crippen LogP contribution in [0.15, 0.2) is 91.0 Å². The summed E-state index contributed by atoms with van der Waals surface area (Å²) in [5.41, 5.74) is 4.39. The number of carbonyl (C=O) groups is 2. The maximum atomic E-state index is 13.1. The summed E-state index contributed by atoms with van der Waals surface area (Å²) < 4.78 is 11.3. The molecule has 0 fully saturated rings. The molecule has 0 aromatic heterocycles. The quantitative estimate of drug-likeness (QED) is 0.283. The minimum atomic E-state index is -0.345. The van der Waals surface area contributed by atoms with Gasteiger partial charge in [-0.25, -0.2) is 4.90 Å². The van der Waals surface area contributed by atoms with Crippen LogP contribution >= 0.6 is 0 Å². The number of rotatable bonds is 6. The molecule has 5 rings (SSSR count). The number of hydrogen-bond donors (Lipinski definition) is 0. The number of benzene rings is 4. The molecule has 2 amide bonds. The fourth-order valence-electron chi connectivity index (χ4n) is 4.54. The number of anilines is 1. The van der Waals surface area contributed by atoms with Crippen LogP contribution in [0.25, 0.3) is 0 Å². The van der Waals surface area contributed by atoms with Gasteiger partial charge in [0.05, 0.1) is 23.9 Å². The summed E-state index contributed by atoms with van der Waals surface area (Å²) in [6.07, 6.45) is 0. The fraction of sp³-hybridized carbons (Fsp3) is 0.161. The Hall–Kier alpha value is -4.38. The maximum Gasteiger partial charge on any atom is 0.266 e. The van der Waals surface area contributed by atoms with Crippen molar-refractivity contribution in [2.45, 2.75) is 26.2 Å². The Balaban J connectivity index is 1.35. The lowest BCUT2D eigenvalue weighted by atomic mass is 9.78. The summed E-state index contributed by atoms with van der Waals surface area (Å²) in [6, 6.07) is 28.4. The molecule has 0 atom stereocenters.